The molecule has 96 valence electrons. The second-order valence-corrected chi connectivity index (χ2v) is 7.91. The maximum atomic E-state index is 11.3. The minimum atomic E-state index is 0.437. The Balaban J connectivity index is 1.61. The van der Waals surface area contributed by atoms with Crippen LogP contribution in [0.4, 0.5) is 0 Å². The van der Waals surface area contributed by atoms with E-state index >= 15 is 0 Å². The molecule has 2 atom stereocenters. The van der Waals surface area contributed by atoms with Crippen molar-refractivity contribution in [2.45, 2.75) is 61.9 Å². The topological polar surface area (TPSA) is 34.1 Å². The van der Waals surface area contributed by atoms with Crippen LogP contribution in [-0.2, 0) is 9.59 Å². The van der Waals surface area contributed by atoms with E-state index in [2.05, 4.69) is 0 Å². The summed E-state index contributed by atoms with van der Waals surface area (Å²) in [5.41, 5.74) is 0. The lowest BCUT2D eigenvalue weighted by atomic mass is 9.99. The summed E-state index contributed by atoms with van der Waals surface area (Å²) in [6.07, 6.45) is 7.67. The Kier molecular flexibility index (Phi) is 5.42. The zero-order valence-electron chi connectivity index (χ0n) is 10.2. The van der Waals surface area contributed by atoms with E-state index < -0.39 is 0 Å². The zero-order chi connectivity index (χ0) is 12.1. The van der Waals surface area contributed by atoms with Gasteiger partial charge in [0.2, 0.25) is 0 Å². The van der Waals surface area contributed by atoms with Gasteiger partial charge in [-0.3, -0.25) is 9.59 Å². The number of hydrogen-bond donors (Lipinski definition) is 0. The number of carbonyl (C=O) groups is 2. The van der Waals surface area contributed by atoms with Crippen LogP contribution in [0.25, 0.3) is 0 Å². The van der Waals surface area contributed by atoms with Gasteiger partial charge in [-0.25, -0.2) is 0 Å². The molecule has 0 saturated heterocycles. The Bertz CT molecular complexity index is 263. The van der Waals surface area contributed by atoms with Crippen LogP contribution < -0.4 is 0 Å². The third-order valence-corrected chi connectivity index (χ3v) is 6.32. The Morgan fingerprint density at radius 1 is 0.882 bits per heavy atom. The van der Waals surface area contributed by atoms with Crippen LogP contribution in [0.5, 0.6) is 0 Å². The molecule has 2 rings (SSSR count). The molecule has 4 heteroatoms. The Morgan fingerprint density at radius 2 is 1.35 bits per heavy atom. The molecule has 0 aromatic carbocycles. The van der Waals surface area contributed by atoms with Gasteiger partial charge in [0.1, 0.15) is 11.6 Å². The van der Waals surface area contributed by atoms with Gasteiger partial charge < -0.3 is 0 Å². The summed E-state index contributed by atoms with van der Waals surface area (Å²) in [4.78, 5) is 22.6. The molecule has 0 N–H and O–H groups in total. The lowest BCUT2D eigenvalue weighted by Crippen LogP contribution is -2.19. The van der Waals surface area contributed by atoms with Gasteiger partial charge in [0, 0.05) is 41.3 Å². The largest absolute Gasteiger partial charge is 0.300 e. The molecule has 0 amide bonds. The Hall–Kier alpha value is 0.0400. The van der Waals surface area contributed by atoms with Crippen LogP contribution >= 0.6 is 23.5 Å². The van der Waals surface area contributed by atoms with E-state index in [-0.39, 0.29) is 0 Å². The zero-order valence-corrected chi connectivity index (χ0v) is 11.8. The van der Waals surface area contributed by atoms with Crippen LogP contribution in [0.2, 0.25) is 0 Å². The fraction of sp³-hybridized carbons (Fsp3) is 0.846. The molecule has 2 saturated carbocycles. The third kappa shape index (κ3) is 4.66. The highest BCUT2D eigenvalue weighted by molar-refractivity contribution is 8.16. The molecule has 2 fully saturated rings. The van der Waals surface area contributed by atoms with E-state index in [1.807, 2.05) is 23.5 Å². The molecule has 0 spiro atoms. The molecule has 17 heavy (non-hydrogen) atoms. The molecule has 2 nitrogen and oxygen atoms in total. The van der Waals surface area contributed by atoms with Gasteiger partial charge in [-0.15, -0.1) is 23.5 Å². The van der Waals surface area contributed by atoms with Crippen LogP contribution in [0, 0.1) is 0 Å². The minimum Gasteiger partial charge on any atom is -0.300 e. The van der Waals surface area contributed by atoms with Crippen molar-refractivity contribution in [2.75, 3.05) is 5.08 Å². The highest BCUT2D eigenvalue weighted by Crippen LogP contribution is 2.33. The van der Waals surface area contributed by atoms with Gasteiger partial charge in [-0.2, -0.15) is 0 Å². The van der Waals surface area contributed by atoms with Gasteiger partial charge >= 0.3 is 0 Å². The summed E-state index contributed by atoms with van der Waals surface area (Å²) in [6, 6.07) is 0. The van der Waals surface area contributed by atoms with Gasteiger partial charge in [-0.1, -0.05) is 0 Å². The first-order valence-corrected chi connectivity index (χ1v) is 8.60. The second-order valence-electron chi connectivity index (χ2n) is 4.97. The van der Waals surface area contributed by atoms with Crippen molar-refractivity contribution in [1.29, 1.82) is 0 Å². The Morgan fingerprint density at radius 3 is 1.76 bits per heavy atom. The van der Waals surface area contributed by atoms with Crippen molar-refractivity contribution in [3.05, 3.63) is 0 Å². The first-order chi connectivity index (χ1) is 8.24. The van der Waals surface area contributed by atoms with Gasteiger partial charge in [0.05, 0.1) is 0 Å². The molecule has 2 aliphatic carbocycles. The lowest BCUT2D eigenvalue weighted by Gasteiger charge is -2.23. The second kappa shape index (κ2) is 6.83. The first kappa shape index (κ1) is 13.5. The summed E-state index contributed by atoms with van der Waals surface area (Å²) < 4.78 is 0. The fourth-order valence-corrected chi connectivity index (χ4v) is 5.61. The number of Topliss-reactive ketones (excluding diaryl/α,β-unsaturated/α-hetero) is 2. The molecule has 0 aliphatic heterocycles. The predicted molar refractivity (Wildman–Crippen MR) is 74.6 cm³/mol. The van der Waals surface area contributed by atoms with E-state index in [0.29, 0.717) is 22.1 Å². The van der Waals surface area contributed by atoms with Crippen LogP contribution in [0.3, 0.4) is 0 Å². The summed E-state index contributed by atoms with van der Waals surface area (Å²) in [5.74, 6) is 0.873. The minimum absolute atomic E-state index is 0.437. The van der Waals surface area contributed by atoms with Crippen molar-refractivity contribution >= 4 is 35.1 Å². The smallest absolute Gasteiger partial charge is 0.134 e. The summed E-state index contributed by atoms with van der Waals surface area (Å²) >= 11 is 3.85. The molecule has 0 aromatic rings. The summed E-state index contributed by atoms with van der Waals surface area (Å²) in [6.45, 7) is 0. The first-order valence-electron chi connectivity index (χ1n) is 6.50. The monoisotopic (exact) mass is 272 g/mol. The summed E-state index contributed by atoms with van der Waals surface area (Å²) in [7, 11) is 0. The highest BCUT2D eigenvalue weighted by atomic mass is 32.2. The number of carbonyl (C=O) groups excluding carboxylic acids is 2. The average molecular weight is 272 g/mol. The van der Waals surface area contributed by atoms with E-state index in [9.17, 15) is 9.59 Å². The molecule has 0 radical (unpaired) electrons. The quantitative estimate of drug-likeness (QED) is 0.734. The van der Waals surface area contributed by atoms with Crippen molar-refractivity contribution in [2.24, 2.45) is 0 Å². The molecule has 0 heterocycles. The number of ketones is 2. The number of hydrogen-bond acceptors (Lipinski definition) is 4. The van der Waals surface area contributed by atoms with E-state index in [4.69, 9.17) is 0 Å². The third-order valence-electron chi connectivity index (χ3n) is 3.48. The highest BCUT2D eigenvalue weighted by Gasteiger charge is 2.22. The standard InChI is InChI=1S/C13H20O2S2/c14-10-3-1-5-12(7-10)16-9-17-13-6-2-4-11(15)8-13/h12-13H,1-9H2. The SMILES string of the molecule is O=C1CCCC(SCSC2CCCC(=O)C2)C1. The molecule has 0 bridgehead atoms. The number of thioether (sulfide) groups is 2. The van der Waals surface area contributed by atoms with Crippen molar-refractivity contribution < 1.29 is 9.59 Å². The fourth-order valence-electron chi connectivity index (χ4n) is 2.49. The van der Waals surface area contributed by atoms with E-state index in [1.54, 1.807) is 0 Å². The normalized spacial score (nSPS) is 30.6. The molecule has 0 aromatic heterocycles. The van der Waals surface area contributed by atoms with Gasteiger partial charge in [0.15, 0.2) is 0 Å². The van der Waals surface area contributed by atoms with E-state index in [0.717, 1.165) is 43.6 Å². The van der Waals surface area contributed by atoms with Crippen molar-refractivity contribution in [3.8, 4) is 0 Å². The maximum Gasteiger partial charge on any atom is 0.134 e. The predicted octanol–water partition coefficient (Wildman–Crippen LogP) is 3.43. The molecular formula is C13H20O2S2. The summed E-state index contributed by atoms with van der Waals surface area (Å²) in [5, 5.41) is 2.14. The van der Waals surface area contributed by atoms with Gasteiger partial charge in [0.25, 0.3) is 0 Å². The lowest BCUT2D eigenvalue weighted by molar-refractivity contribution is -0.120. The molecule has 2 unspecified atom stereocenters. The maximum absolute atomic E-state index is 11.3. The van der Waals surface area contributed by atoms with Crippen LogP contribution in [0.1, 0.15) is 51.4 Å². The van der Waals surface area contributed by atoms with Gasteiger partial charge in [-0.05, 0) is 25.7 Å². The molecule has 2 aliphatic rings. The number of rotatable bonds is 4. The van der Waals surface area contributed by atoms with Crippen LogP contribution in [0.15, 0.2) is 0 Å². The van der Waals surface area contributed by atoms with Crippen LogP contribution in [-0.4, -0.2) is 27.2 Å². The average Bonchev–Trinajstić information content (AvgIpc) is 2.29. The van der Waals surface area contributed by atoms with E-state index in [1.165, 1.54) is 12.8 Å². The molecular weight excluding hydrogens is 252 g/mol. The Labute approximate surface area is 112 Å². The van der Waals surface area contributed by atoms with Crippen molar-refractivity contribution in [1.82, 2.24) is 0 Å². The van der Waals surface area contributed by atoms with Crippen molar-refractivity contribution in [3.63, 3.8) is 0 Å².